The van der Waals surface area contributed by atoms with E-state index >= 15 is 0 Å². The average Bonchev–Trinajstić information content (AvgIpc) is 2.80. The number of carbonyl (C=O) groups excluding carboxylic acids is 1. The monoisotopic (exact) mass is 360 g/mol. The van der Waals surface area contributed by atoms with Crippen LogP contribution in [0, 0.1) is 16.0 Å². The van der Waals surface area contributed by atoms with Crippen molar-refractivity contribution in [2.75, 3.05) is 6.54 Å². The molecule has 1 fully saturated rings. The molecule has 1 aromatic carbocycles. The van der Waals surface area contributed by atoms with Gasteiger partial charge in [0.2, 0.25) is 0 Å². The third kappa shape index (κ3) is 3.42. The van der Waals surface area contributed by atoms with Gasteiger partial charge in [0.05, 0.1) is 16.4 Å². The van der Waals surface area contributed by atoms with E-state index in [-0.39, 0.29) is 18.5 Å². The van der Waals surface area contributed by atoms with Gasteiger partial charge in [0, 0.05) is 29.8 Å². The lowest BCUT2D eigenvalue weighted by molar-refractivity contribution is -0.384. The Morgan fingerprint density at radius 2 is 1.84 bits per heavy atom. The van der Waals surface area contributed by atoms with E-state index in [2.05, 4.69) is 0 Å². The minimum atomic E-state index is -4.49. The summed E-state index contributed by atoms with van der Waals surface area (Å²) in [5, 5.41) is 19.9. The lowest BCUT2D eigenvalue weighted by atomic mass is 9.87. The third-order valence-corrected chi connectivity index (χ3v) is 4.45. The molecule has 0 saturated carbocycles. The molecule has 1 aromatic rings. The van der Waals surface area contributed by atoms with E-state index in [1.165, 1.54) is 13.8 Å². The van der Waals surface area contributed by atoms with Crippen molar-refractivity contribution in [1.82, 2.24) is 4.90 Å². The van der Waals surface area contributed by atoms with E-state index in [0.29, 0.717) is 0 Å². The standard InChI is InChI=1S/C15H15F3N2O5/c1-14(2)11(15(16,17)18)3-4-19(14)12(21)8-5-9(13(22)23)7-10(6-8)20(24)25/h5-7,11H,3-4H2,1-2H3,(H,22,23). The molecule has 0 bridgehead atoms. The summed E-state index contributed by atoms with van der Waals surface area (Å²) < 4.78 is 39.4. The molecule has 0 spiro atoms. The Kier molecular flexibility index (Phi) is 4.49. The Balaban J connectivity index is 2.44. The summed E-state index contributed by atoms with van der Waals surface area (Å²) >= 11 is 0. The molecule has 136 valence electrons. The van der Waals surface area contributed by atoms with Crippen molar-refractivity contribution in [3.8, 4) is 0 Å². The molecular formula is C15H15F3N2O5. The van der Waals surface area contributed by atoms with Crippen LogP contribution in [-0.2, 0) is 0 Å². The molecule has 1 aliphatic heterocycles. The van der Waals surface area contributed by atoms with Crippen molar-refractivity contribution in [2.24, 2.45) is 5.92 Å². The Morgan fingerprint density at radius 1 is 1.28 bits per heavy atom. The van der Waals surface area contributed by atoms with Crippen LogP contribution in [-0.4, -0.2) is 45.1 Å². The molecule has 1 atom stereocenters. The molecule has 25 heavy (non-hydrogen) atoms. The zero-order chi connectivity index (χ0) is 19.2. The molecule has 2 rings (SSSR count). The fourth-order valence-corrected chi connectivity index (χ4v) is 3.13. The number of nitrogens with zero attached hydrogens (tertiary/aromatic N) is 2. The molecular weight excluding hydrogens is 345 g/mol. The normalized spacial score (nSPS) is 19.7. The number of carboxylic acid groups (broad SMARTS) is 1. The largest absolute Gasteiger partial charge is 0.478 e. The average molecular weight is 360 g/mol. The highest BCUT2D eigenvalue weighted by Gasteiger charge is 2.56. The zero-order valence-electron chi connectivity index (χ0n) is 13.3. The van der Waals surface area contributed by atoms with Crippen LogP contribution >= 0.6 is 0 Å². The van der Waals surface area contributed by atoms with E-state index in [4.69, 9.17) is 5.11 Å². The lowest BCUT2D eigenvalue weighted by Crippen LogP contribution is -2.49. The summed E-state index contributed by atoms with van der Waals surface area (Å²) in [5.41, 5.74) is -2.99. The summed E-state index contributed by atoms with van der Waals surface area (Å²) in [7, 11) is 0. The highest BCUT2D eigenvalue weighted by Crippen LogP contribution is 2.45. The van der Waals surface area contributed by atoms with Crippen LogP contribution in [0.5, 0.6) is 0 Å². The molecule has 1 unspecified atom stereocenters. The molecule has 0 aromatic heterocycles. The summed E-state index contributed by atoms with van der Waals surface area (Å²) in [6, 6.07) is 2.58. The zero-order valence-corrected chi connectivity index (χ0v) is 13.3. The number of hydrogen-bond acceptors (Lipinski definition) is 4. The van der Waals surface area contributed by atoms with Gasteiger partial charge in [0.25, 0.3) is 11.6 Å². The van der Waals surface area contributed by atoms with Crippen molar-refractivity contribution < 1.29 is 32.8 Å². The Bertz CT molecular complexity index is 713. The number of likely N-dealkylation sites (tertiary alicyclic amines) is 1. The first kappa shape index (κ1) is 18.7. The summed E-state index contributed by atoms with van der Waals surface area (Å²) in [5.74, 6) is -4.09. The number of aromatic carboxylic acids is 1. The van der Waals surface area contributed by atoms with Gasteiger partial charge in [-0.2, -0.15) is 13.2 Å². The number of hydrogen-bond donors (Lipinski definition) is 1. The fraction of sp³-hybridized carbons (Fsp3) is 0.467. The van der Waals surface area contributed by atoms with Crippen LogP contribution in [0.1, 0.15) is 41.0 Å². The van der Waals surface area contributed by atoms with Gasteiger partial charge in [-0.1, -0.05) is 0 Å². The van der Waals surface area contributed by atoms with Crippen LogP contribution in [0.3, 0.4) is 0 Å². The van der Waals surface area contributed by atoms with Gasteiger partial charge >= 0.3 is 12.1 Å². The van der Waals surface area contributed by atoms with Gasteiger partial charge in [0.1, 0.15) is 0 Å². The molecule has 0 aliphatic carbocycles. The molecule has 7 nitrogen and oxygen atoms in total. The number of carbonyl (C=O) groups is 2. The summed E-state index contributed by atoms with van der Waals surface area (Å²) in [6.45, 7) is 2.36. The quantitative estimate of drug-likeness (QED) is 0.659. The molecule has 1 amide bonds. The van der Waals surface area contributed by atoms with Crippen molar-refractivity contribution in [3.05, 3.63) is 39.4 Å². The van der Waals surface area contributed by atoms with Crippen LogP contribution in [0.25, 0.3) is 0 Å². The topological polar surface area (TPSA) is 101 Å². The van der Waals surface area contributed by atoms with Crippen LogP contribution in [0.2, 0.25) is 0 Å². The highest BCUT2D eigenvalue weighted by molar-refractivity contribution is 5.99. The Morgan fingerprint density at radius 3 is 2.28 bits per heavy atom. The minimum absolute atomic E-state index is 0.179. The van der Waals surface area contributed by atoms with Gasteiger partial charge in [-0.25, -0.2) is 4.79 Å². The summed E-state index contributed by atoms with van der Waals surface area (Å²) in [6.07, 6.45) is -4.78. The second-order valence-corrected chi connectivity index (χ2v) is 6.32. The second-order valence-electron chi connectivity index (χ2n) is 6.32. The number of benzene rings is 1. The maximum absolute atomic E-state index is 13.1. The maximum atomic E-state index is 13.1. The number of nitro benzene ring substituents is 1. The van der Waals surface area contributed by atoms with Crippen molar-refractivity contribution in [1.29, 1.82) is 0 Å². The molecule has 1 N–H and O–H groups in total. The van der Waals surface area contributed by atoms with E-state index in [1.807, 2.05) is 0 Å². The minimum Gasteiger partial charge on any atom is -0.478 e. The first-order valence-electron chi connectivity index (χ1n) is 7.27. The van der Waals surface area contributed by atoms with Crippen molar-refractivity contribution in [3.63, 3.8) is 0 Å². The molecule has 1 saturated heterocycles. The summed E-state index contributed by atoms with van der Waals surface area (Å²) in [4.78, 5) is 34.8. The van der Waals surface area contributed by atoms with Crippen LogP contribution in [0.15, 0.2) is 18.2 Å². The van der Waals surface area contributed by atoms with Gasteiger partial charge < -0.3 is 10.0 Å². The first-order chi connectivity index (χ1) is 11.4. The molecule has 1 aliphatic rings. The van der Waals surface area contributed by atoms with Crippen molar-refractivity contribution in [2.45, 2.75) is 32.0 Å². The fourth-order valence-electron chi connectivity index (χ4n) is 3.13. The first-order valence-corrected chi connectivity index (χ1v) is 7.27. The van der Waals surface area contributed by atoms with Crippen LogP contribution < -0.4 is 0 Å². The van der Waals surface area contributed by atoms with E-state index in [1.54, 1.807) is 0 Å². The predicted molar refractivity (Wildman–Crippen MR) is 79.3 cm³/mol. The van der Waals surface area contributed by atoms with E-state index in [9.17, 15) is 32.9 Å². The third-order valence-electron chi connectivity index (χ3n) is 4.45. The van der Waals surface area contributed by atoms with Gasteiger partial charge in [-0.3, -0.25) is 14.9 Å². The van der Waals surface area contributed by atoms with E-state index < -0.39 is 45.7 Å². The number of rotatable bonds is 3. The lowest BCUT2D eigenvalue weighted by Gasteiger charge is -2.36. The number of non-ortho nitro benzene ring substituents is 1. The molecule has 1 heterocycles. The van der Waals surface area contributed by atoms with E-state index in [0.717, 1.165) is 23.1 Å². The van der Waals surface area contributed by atoms with Gasteiger partial charge in [0.15, 0.2) is 0 Å². The number of alkyl halides is 3. The number of carboxylic acids is 1. The smallest absolute Gasteiger partial charge is 0.394 e. The number of amides is 1. The number of halogens is 3. The Labute approximate surface area is 140 Å². The molecule has 10 heteroatoms. The second kappa shape index (κ2) is 6.01. The van der Waals surface area contributed by atoms with Gasteiger partial charge in [-0.05, 0) is 26.3 Å². The molecule has 0 radical (unpaired) electrons. The van der Waals surface area contributed by atoms with Gasteiger partial charge in [-0.15, -0.1) is 0 Å². The van der Waals surface area contributed by atoms with Crippen LogP contribution in [0.4, 0.5) is 18.9 Å². The highest BCUT2D eigenvalue weighted by atomic mass is 19.4. The number of nitro groups is 1. The predicted octanol–water partition coefficient (Wildman–Crippen LogP) is 3.10. The van der Waals surface area contributed by atoms with Crippen molar-refractivity contribution >= 4 is 17.6 Å². The SMILES string of the molecule is CC1(C)C(C(F)(F)F)CCN1C(=O)c1cc(C(=O)O)cc([N+](=O)[O-])c1. The Hall–Kier alpha value is -2.65. The maximum Gasteiger partial charge on any atom is 0.394 e.